The molecule has 1 heterocycles. The number of esters is 1. The van der Waals surface area contributed by atoms with Crippen molar-refractivity contribution >= 4 is 11.9 Å². The SMILES string of the molecule is COC(=O)[C@H](Cc1c(C)cccc1C)NC(=O)c1ccccn1. The van der Waals surface area contributed by atoms with Gasteiger partial charge in [-0.25, -0.2) is 4.79 Å². The monoisotopic (exact) mass is 312 g/mol. The molecule has 0 aliphatic carbocycles. The summed E-state index contributed by atoms with van der Waals surface area (Å²) in [6.45, 7) is 3.97. The van der Waals surface area contributed by atoms with Crippen LogP contribution >= 0.6 is 0 Å². The molecular formula is C18H20N2O3. The molecule has 2 aromatic rings. The van der Waals surface area contributed by atoms with Crippen LogP contribution in [-0.4, -0.2) is 30.0 Å². The van der Waals surface area contributed by atoms with Gasteiger partial charge in [0.25, 0.3) is 5.91 Å². The van der Waals surface area contributed by atoms with Crippen LogP contribution in [0.4, 0.5) is 0 Å². The Labute approximate surface area is 135 Å². The van der Waals surface area contributed by atoms with Gasteiger partial charge in [-0.3, -0.25) is 9.78 Å². The first-order valence-electron chi connectivity index (χ1n) is 7.37. The molecule has 2 rings (SSSR count). The minimum Gasteiger partial charge on any atom is -0.467 e. The number of nitrogens with zero attached hydrogens (tertiary/aromatic N) is 1. The van der Waals surface area contributed by atoms with Crippen molar-refractivity contribution in [1.29, 1.82) is 0 Å². The van der Waals surface area contributed by atoms with Gasteiger partial charge in [-0.2, -0.15) is 0 Å². The molecule has 1 aromatic carbocycles. The van der Waals surface area contributed by atoms with Gasteiger partial charge in [-0.05, 0) is 42.7 Å². The highest BCUT2D eigenvalue weighted by Crippen LogP contribution is 2.16. The van der Waals surface area contributed by atoms with Gasteiger partial charge in [0.1, 0.15) is 11.7 Å². The first-order valence-corrected chi connectivity index (χ1v) is 7.37. The van der Waals surface area contributed by atoms with Gasteiger partial charge in [-0.15, -0.1) is 0 Å². The number of carbonyl (C=O) groups is 2. The molecule has 0 bridgehead atoms. The van der Waals surface area contributed by atoms with Crippen molar-refractivity contribution in [2.45, 2.75) is 26.3 Å². The van der Waals surface area contributed by atoms with Gasteiger partial charge in [0.15, 0.2) is 0 Å². The van der Waals surface area contributed by atoms with Gasteiger partial charge in [0, 0.05) is 12.6 Å². The molecule has 5 heteroatoms. The number of aromatic nitrogens is 1. The van der Waals surface area contributed by atoms with E-state index in [1.54, 1.807) is 18.2 Å². The van der Waals surface area contributed by atoms with E-state index in [-0.39, 0.29) is 5.69 Å². The van der Waals surface area contributed by atoms with Crippen molar-refractivity contribution in [2.24, 2.45) is 0 Å². The maximum absolute atomic E-state index is 12.3. The first kappa shape index (κ1) is 16.7. The Morgan fingerprint density at radius 3 is 2.39 bits per heavy atom. The number of methoxy groups -OCH3 is 1. The van der Waals surface area contributed by atoms with Crippen LogP contribution in [0.25, 0.3) is 0 Å². The molecule has 1 aromatic heterocycles. The predicted molar refractivity (Wildman–Crippen MR) is 87.1 cm³/mol. The third-order valence-electron chi connectivity index (χ3n) is 3.74. The number of hydrogen-bond donors (Lipinski definition) is 1. The van der Waals surface area contributed by atoms with E-state index >= 15 is 0 Å². The fourth-order valence-electron chi connectivity index (χ4n) is 2.44. The highest BCUT2D eigenvalue weighted by molar-refractivity contribution is 5.95. The average Bonchev–Trinajstić information content (AvgIpc) is 2.57. The topological polar surface area (TPSA) is 68.3 Å². The quantitative estimate of drug-likeness (QED) is 0.860. The van der Waals surface area contributed by atoms with Crippen molar-refractivity contribution in [3.8, 4) is 0 Å². The van der Waals surface area contributed by atoms with Crippen LogP contribution in [0.15, 0.2) is 42.6 Å². The Balaban J connectivity index is 2.21. The third kappa shape index (κ3) is 4.16. The van der Waals surface area contributed by atoms with Crippen LogP contribution in [0.3, 0.4) is 0 Å². The van der Waals surface area contributed by atoms with Crippen molar-refractivity contribution in [2.75, 3.05) is 7.11 Å². The highest BCUT2D eigenvalue weighted by Gasteiger charge is 2.24. The summed E-state index contributed by atoms with van der Waals surface area (Å²) >= 11 is 0. The van der Waals surface area contributed by atoms with Gasteiger partial charge < -0.3 is 10.1 Å². The normalized spacial score (nSPS) is 11.6. The summed E-state index contributed by atoms with van der Waals surface area (Å²) in [6.07, 6.45) is 1.91. The van der Waals surface area contributed by atoms with Gasteiger partial charge in [-0.1, -0.05) is 24.3 Å². The maximum atomic E-state index is 12.3. The van der Waals surface area contributed by atoms with Crippen molar-refractivity contribution in [3.05, 3.63) is 65.0 Å². The Bertz CT molecular complexity index is 678. The standard InChI is InChI=1S/C18H20N2O3/c1-12-7-6-8-13(2)14(12)11-16(18(22)23-3)20-17(21)15-9-4-5-10-19-15/h4-10,16H,11H2,1-3H3,(H,20,21)/t16-/m0/s1. The molecule has 1 amide bonds. The fraction of sp³-hybridized carbons (Fsp3) is 0.278. The van der Waals surface area contributed by atoms with E-state index in [0.717, 1.165) is 16.7 Å². The summed E-state index contributed by atoms with van der Waals surface area (Å²) in [6, 6.07) is 10.2. The van der Waals surface area contributed by atoms with Crippen LogP contribution in [0, 0.1) is 13.8 Å². The fourth-order valence-corrected chi connectivity index (χ4v) is 2.44. The number of hydrogen-bond acceptors (Lipinski definition) is 4. The van der Waals surface area contributed by atoms with E-state index in [1.807, 2.05) is 32.0 Å². The number of nitrogens with one attached hydrogen (secondary N) is 1. The summed E-state index contributed by atoms with van der Waals surface area (Å²) in [5, 5.41) is 2.71. The first-order chi connectivity index (χ1) is 11.0. The molecule has 0 aliphatic heterocycles. The second kappa shape index (κ2) is 7.54. The van der Waals surface area contributed by atoms with E-state index in [0.29, 0.717) is 6.42 Å². The van der Waals surface area contributed by atoms with Crippen molar-refractivity contribution in [3.63, 3.8) is 0 Å². The number of benzene rings is 1. The Kier molecular flexibility index (Phi) is 5.46. The summed E-state index contributed by atoms with van der Waals surface area (Å²) in [5.41, 5.74) is 3.45. The van der Waals surface area contributed by atoms with E-state index in [9.17, 15) is 9.59 Å². The molecule has 0 saturated heterocycles. The Hall–Kier alpha value is -2.69. The van der Waals surface area contributed by atoms with Crippen LogP contribution in [0.1, 0.15) is 27.2 Å². The zero-order chi connectivity index (χ0) is 16.8. The van der Waals surface area contributed by atoms with Gasteiger partial charge in [0.05, 0.1) is 7.11 Å². The molecular weight excluding hydrogens is 292 g/mol. The highest BCUT2D eigenvalue weighted by atomic mass is 16.5. The number of rotatable bonds is 5. The van der Waals surface area contributed by atoms with E-state index < -0.39 is 17.9 Å². The second-order valence-corrected chi connectivity index (χ2v) is 5.34. The number of pyridine rings is 1. The number of ether oxygens (including phenoxy) is 1. The lowest BCUT2D eigenvalue weighted by Crippen LogP contribution is -2.43. The van der Waals surface area contributed by atoms with Crippen LogP contribution in [0.5, 0.6) is 0 Å². The lowest BCUT2D eigenvalue weighted by atomic mass is 9.96. The lowest BCUT2D eigenvalue weighted by Gasteiger charge is -2.19. The predicted octanol–water partition coefficient (Wildman–Crippen LogP) is 2.21. The summed E-state index contributed by atoms with van der Waals surface area (Å²) < 4.78 is 4.83. The van der Waals surface area contributed by atoms with Gasteiger partial charge in [0.2, 0.25) is 0 Å². The zero-order valence-corrected chi connectivity index (χ0v) is 13.5. The molecule has 5 nitrogen and oxygen atoms in total. The zero-order valence-electron chi connectivity index (χ0n) is 13.5. The average molecular weight is 312 g/mol. The molecule has 0 spiro atoms. The van der Waals surface area contributed by atoms with Crippen molar-refractivity contribution in [1.82, 2.24) is 10.3 Å². The summed E-state index contributed by atoms with van der Waals surface area (Å²) in [4.78, 5) is 28.3. The molecule has 0 saturated carbocycles. The van der Waals surface area contributed by atoms with Crippen LogP contribution in [0.2, 0.25) is 0 Å². The lowest BCUT2D eigenvalue weighted by molar-refractivity contribution is -0.142. The number of carbonyl (C=O) groups excluding carboxylic acids is 2. The molecule has 0 aliphatic rings. The van der Waals surface area contributed by atoms with Crippen LogP contribution in [-0.2, 0) is 16.0 Å². The molecule has 1 N–H and O–H groups in total. The largest absolute Gasteiger partial charge is 0.467 e. The summed E-state index contributed by atoms with van der Waals surface area (Å²) in [5.74, 6) is -0.871. The Morgan fingerprint density at radius 1 is 1.13 bits per heavy atom. The Morgan fingerprint density at radius 2 is 1.83 bits per heavy atom. The molecule has 23 heavy (non-hydrogen) atoms. The second-order valence-electron chi connectivity index (χ2n) is 5.34. The van der Waals surface area contributed by atoms with Crippen molar-refractivity contribution < 1.29 is 14.3 Å². The molecule has 1 atom stereocenters. The maximum Gasteiger partial charge on any atom is 0.328 e. The minimum atomic E-state index is -0.755. The number of amides is 1. The minimum absolute atomic E-state index is 0.267. The van der Waals surface area contributed by atoms with Gasteiger partial charge >= 0.3 is 5.97 Å². The van der Waals surface area contributed by atoms with E-state index in [2.05, 4.69) is 10.3 Å². The molecule has 0 unspecified atom stereocenters. The molecule has 120 valence electrons. The molecule has 0 radical (unpaired) electrons. The number of aryl methyl sites for hydroxylation is 2. The third-order valence-corrected chi connectivity index (χ3v) is 3.74. The molecule has 0 fully saturated rings. The van der Waals surface area contributed by atoms with E-state index in [1.165, 1.54) is 13.3 Å². The van der Waals surface area contributed by atoms with Crippen LogP contribution < -0.4 is 5.32 Å². The van der Waals surface area contributed by atoms with E-state index in [4.69, 9.17) is 4.74 Å². The summed E-state index contributed by atoms with van der Waals surface area (Å²) in [7, 11) is 1.31. The smallest absolute Gasteiger partial charge is 0.328 e.